The molecule has 1 heterocycles. The maximum atomic E-state index is 12.5. The fourth-order valence-corrected chi connectivity index (χ4v) is 1.42. The van der Waals surface area contributed by atoms with Crippen LogP contribution in [0.1, 0.15) is 13.8 Å². The van der Waals surface area contributed by atoms with Gasteiger partial charge in [0.25, 0.3) is 5.92 Å². The average molecular weight is 299 g/mol. The molecule has 1 aromatic rings. The molecule has 1 aromatic heterocycles. The fraction of sp³-hybridized carbons (Fsp3) is 0.429. The molecule has 7 heteroatoms. The Labute approximate surface area is 122 Å². The molecule has 0 aliphatic heterocycles. The Morgan fingerprint density at radius 2 is 2.24 bits per heavy atom. The van der Waals surface area contributed by atoms with Crippen LogP contribution in [0, 0.1) is 0 Å². The molecule has 0 radical (unpaired) electrons. The lowest BCUT2D eigenvalue weighted by atomic mass is 10.3. The van der Waals surface area contributed by atoms with Crippen LogP contribution in [-0.4, -0.2) is 36.5 Å². The van der Waals surface area contributed by atoms with Crippen LogP contribution in [0.25, 0.3) is 0 Å². The van der Waals surface area contributed by atoms with Crippen molar-refractivity contribution in [2.45, 2.75) is 19.8 Å². The Hall–Kier alpha value is -2.18. The maximum absolute atomic E-state index is 12.5. The molecule has 0 aromatic carbocycles. The van der Waals surface area contributed by atoms with Crippen LogP contribution in [0.5, 0.6) is 5.88 Å². The third kappa shape index (κ3) is 7.86. The molecule has 0 aliphatic carbocycles. The molecule has 0 unspecified atom stereocenters. The van der Waals surface area contributed by atoms with E-state index in [1.165, 1.54) is 0 Å². The van der Waals surface area contributed by atoms with Crippen molar-refractivity contribution in [1.29, 1.82) is 0 Å². The van der Waals surface area contributed by atoms with Gasteiger partial charge in [0.1, 0.15) is 0 Å². The van der Waals surface area contributed by atoms with Crippen molar-refractivity contribution < 1.29 is 18.3 Å². The second kappa shape index (κ2) is 8.18. The van der Waals surface area contributed by atoms with Crippen LogP contribution in [0.3, 0.4) is 0 Å². The third-order valence-corrected chi connectivity index (χ3v) is 2.31. The van der Waals surface area contributed by atoms with E-state index in [0.717, 1.165) is 18.7 Å². The lowest BCUT2D eigenvalue weighted by Crippen LogP contribution is -2.27. The van der Waals surface area contributed by atoms with Crippen LogP contribution in [0.4, 0.5) is 14.5 Å². The fourth-order valence-electron chi connectivity index (χ4n) is 1.42. The summed E-state index contributed by atoms with van der Waals surface area (Å²) >= 11 is 0. The highest BCUT2D eigenvalue weighted by Gasteiger charge is 2.15. The minimum absolute atomic E-state index is 0.310. The van der Waals surface area contributed by atoms with Crippen molar-refractivity contribution in [2.24, 2.45) is 0 Å². The van der Waals surface area contributed by atoms with Crippen LogP contribution < -0.4 is 15.4 Å². The van der Waals surface area contributed by atoms with Crippen LogP contribution in [0.15, 0.2) is 30.5 Å². The standard InChI is InChI=1S/C14H19F2N3O2/c1-3-21-13-10-11(5-7-19-13)17-8-9-18-12(20)4-6-14(2,15)16/h4-7,10H,3,8-9H2,1-2H3,(H,17,19)(H,18,20)/b6-4+. The van der Waals surface area contributed by atoms with E-state index in [0.29, 0.717) is 31.7 Å². The summed E-state index contributed by atoms with van der Waals surface area (Å²) in [7, 11) is 0. The van der Waals surface area contributed by atoms with Gasteiger partial charge < -0.3 is 15.4 Å². The van der Waals surface area contributed by atoms with Crippen molar-refractivity contribution in [3.8, 4) is 5.88 Å². The van der Waals surface area contributed by atoms with E-state index in [9.17, 15) is 13.6 Å². The molecule has 2 N–H and O–H groups in total. The molecule has 1 rings (SSSR count). The normalized spacial score (nSPS) is 11.4. The zero-order chi connectivity index (χ0) is 15.7. The smallest absolute Gasteiger partial charge is 0.264 e. The highest BCUT2D eigenvalue weighted by molar-refractivity contribution is 5.87. The average Bonchev–Trinajstić information content (AvgIpc) is 2.41. The van der Waals surface area contributed by atoms with Gasteiger partial charge in [-0.1, -0.05) is 0 Å². The number of hydrogen-bond acceptors (Lipinski definition) is 4. The second-order valence-electron chi connectivity index (χ2n) is 4.32. The van der Waals surface area contributed by atoms with E-state index in [4.69, 9.17) is 4.74 Å². The predicted octanol–water partition coefficient (Wildman–Crippen LogP) is 2.22. The van der Waals surface area contributed by atoms with Crippen molar-refractivity contribution >= 4 is 11.6 Å². The first-order chi connectivity index (χ1) is 9.90. The minimum atomic E-state index is -2.98. The molecule has 0 fully saturated rings. The highest BCUT2D eigenvalue weighted by atomic mass is 19.3. The summed E-state index contributed by atoms with van der Waals surface area (Å²) in [5.74, 6) is -3.02. The summed E-state index contributed by atoms with van der Waals surface area (Å²) in [6.45, 7) is 3.88. The number of hydrogen-bond donors (Lipinski definition) is 2. The van der Waals surface area contributed by atoms with Crippen LogP contribution >= 0.6 is 0 Å². The van der Waals surface area contributed by atoms with Crippen molar-refractivity contribution in [3.05, 3.63) is 30.5 Å². The zero-order valence-corrected chi connectivity index (χ0v) is 12.0. The van der Waals surface area contributed by atoms with Gasteiger partial charge in [0.05, 0.1) is 6.61 Å². The first-order valence-corrected chi connectivity index (χ1v) is 6.58. The van der Waals surface area contributed by atoms with Gasteiger partial charge >= 0.3 is 0 Å². The van der Waals surface area contributed by atoms with E-state index < -0.39 is 11.8 Å². The molecule has 5 nitrogen and oxygen atoms in total. The Bertz CT molecular complexity index is 487. The number of nitrogens with one attached hydrogen (secondary N) is 2. The molecular formula is C14H19F2N3O2. The maximum Gasteiger partial charge on any atom is 0.264 e. The molecule has 0 aliphatic rings. The van der Waals surface area contributed by atoms with Gasteiger partial charge in [0.2, 0.25) is 11.8 Å². The number of amides is 1. The summed E-state index contributed by atoms with van der Waals surface area (Å²) in [5, 5.41) is 5.56. The van der Waals surface area contributed by atoms with E-state index in [2.05, 4.69) is 15.6 Å². The number of aromatic nitrogens is 1. The van der Waals surface area contributed by atoms with Gasteiger partial charge in [-0.15, -0.1) is 0 Å². The summed E-state index contributed by atoms with van der Waals surface area (Å²) in [5.41, 5.74) is 0.804. The number of halogens is 2. The van der Waals surface area contributed by atoms with E-state index >= 15 is 0 Å². The molecule has 21 heavy (non-hydrogen) atoms. The van der Waals surface area contributed by atoms with Gasteiger partial charge in [-0.2, -0.15) is 0 Å². The van der Waals surface area contributed by atoms with E-state index in [1.807, 2.05) is 6.92 Å². The first-order valence-electron chi connectivity index (χ1n) is 6.58. The molecule has 1 amide bonds. The Balaban J connectivity index is 2.29. The number of carbonyl (C=O) groups excluding carboxylic acids is 1. The topological polar surface area (TPSA) is 63.2 Å². The summed E-state index contributed by atoms with van der Waals surface area (Å²) in [6.07, 6.45) is 3.00. The number of anilines is 1. The van der Waals surface area contributed by atoms with Crippen molar-refractivity contribution in [2.75, 3.05) is 25.0 Å². The molecule has 0 saturated heterocycles. The van der Waals surface area contributed by atoms with E-state index in [-0.39, 0.29) is 0 Å². The molecule has 116 valence electrons. The monoisotopic (exact) mass is 299 g/mol. The number of carbonyl (C=O) groups is 1. The number of ether oxygens (including phenoxy) is 1. The Morgan fingerprint density at radius 3 is 2.90 bits per heavy atom. The Morgan fingerprint density at radius 1 is 1.48 bits per heavy atom. The van der Waals surface area contributed by atoms with Crippen molar-refractivity contribution in [1.82, 2.24) is 10.3 Å². The third-order valence-electron chi connectivity index (χ3n) is 2.31. The van der Waals surface area contributed by atoms with Gasteiger partial charge in [-0.05, 0) is 19.1 Å². The number of allylic oxidation sites excluding steroid dienone is 1. The highest BCUT2D eigenvalue weighted by Crippen LogP contribution is 2.13. The van der Waals surface area contributed by atoms with Crippen molar-refractivity contribution in [3.63, 3.8) is 0 Å². The summed E-state index contributed by atoms with van der Waals surface area (Å²) in [6, 6.07) is 3.50. The van der Waals surface area contributed by atoms with Gasteiger partial charge in [0.15, 0.2) is 0 Å². The molecule has 0 spiro atoms. The second-order valence-corrected chi connectivity index (χ2v) is 4.32. The van der Waals surface area contributed by atoms with Gasteiger partial charge in [0, 0.05) is 44.0 Å². The number of rotatable bonds is 8. The van der Waals surface area contributed by atoms with Gasteiger partial charge in [-0.25, -0.2) is 13.8 Å². The zero-order valence-electron chi connectivity index (χ0n) is 12.0. The summed E-state index contributed by atoms with van der Waals surface area (Å²) in [4.78, 5) is 15.3. The molecular weight excluding hydrogens is 280 g/mol. The number of pyridine rings is 1. The molecule has 0 atom stereocenters. The lowest BCUT2D eigenvalue weighted by Gasteiger charge is -2.08. The summed E-state index contributed by atoms with van der Waals surface area (Å²) < 4.78 is 30.2. The minimum Gasteiger partial charge on any atom is -0.478 e. The quantitative estimate of drug-likeness (QED) is 0.571. The molecule has 0 saturated carbocycles. The first kappa shape index (κ1) is 16.9. The largest absolute Gasteiger partial charge is 0.478 e. The van der Waals surface area contributed by atoms with Gasteiger partial charge in [-0.3, -0.25) is 4.79 Å². The molecule has 0 bridgehead atoms. The lowest BCUT2D eigenvalue weighted by molar-refractivity contribution is -0.116. The predicted molar refractivity (Wildman–Crippen MR) is 76.7 cm³/mol. The van der Waals surface area contributed by atoms with Crippen LogP contribution in [0.2, 0.25) is 0 Å². The van der Waals surface area contributed by atoms with E-state index in [1.54, 1.807) is 18.3 Å². The SMILES string of the molecule is CCOc1cc(NCCNC(=O)/C=C/C(C)(F)F)ccn1. The van der Waals surface area contributed by atoms with Crippen LogP contribution in [-0.2, 0) is 4.79 Å². The number of alkyl halides is 2. The Kier molecular flexibility index (Phi) is 6.58. The number of nitrogens with zero attached hydrogens (tertiary/aromatic N) is 1.